The first kappa shape index (κ1) is 13.5. The highest BCUT2D eigenvalue weighted by atomic mass is 16.3. The van der Waals surface area contributed by atoms with Gasteiger partial charge >= 0.3 is 0 Å². The highest BCUT2D eigenvalue weighted by Crippen LogP contribution is 2.20. The number of hydrogen-bond acceptors (Lipinski definition) is 4. The van der Waals surface area contributed by atoms with Crippen molar-refractivity contribution in [3.05, 3.63) is 29.6 Å². The van der Waals surface area contributed by atoms with Crippen molar-refractivity contribution in [2.75, 3.05) is 19.7 Å². The molecule has 1 atom stereocenters. The minimum absolute atomic E-state index is 0.311. The van der Waals surface area contributed by atoms with Gasteiger partial charge in [0.15, 0.2) is 0 Å². The lowest BCUT2D eigenvalue weighted by atomic mass is 9.95. The summed E-state index contributed by atoms with van der Waals surface area (Å²) in [5.74, 6) is 0.652. The van der Waals surface area contributed by atoms with E-state index in [1.807, 2.05) is 6.20 Å². The Morgan fingerprint density at radius 2 is 2.39 bits per heavy atom. The van der Waals surface area contributed by atoms with Crippen molar-refractivity contribution >= 4 is 0 Å². The van der Waals surface area contributed by atoms with Crippen LogP contribution in [0.5, 0.6) is 0 Å². The fraction of sp³-hybridized carbons (Fsp3) is 0.643. The topological polar surface area (TPSA) is 62.4 Å². The minimum atomic E-state index is 0.311. The van der Waals surface area contributed by atoms with Crippen molar-refractivity contribution in [3.8, 4) is 0 Å². The molecule has 1 aromatic rings. The summed E-state index contributed by atoms with van der Waals surface area (Å²) in [6.45, 7) is 4.03. The Labute approximate surface area is 109 Å². The van der Waals surface area contributed by atoms with Crippen LogP contribution in [-0.2, 0) is 13.1 Å². The second kappa shape index (κ2) is 6.83. The van der Waals surface area contributed by atoms with E-state index in [2.05, 4.69) is 22.0 Å². The van der Waals surface area contributed by atoms with Crippen LogP contribution in [0.3, 0.4) is 0 Å². The fourth-order valence-corrected chi connectivity index (χ4v) is 2.71. The molecule has 18 heavy (non-hydrogen) atoms. The summed E-state index contributed by atoms with van der Waals surface area (Å²) in [7, 11) is 0. The molecule has 2 heterocycles. The van der Waals surface area contributed by atoms with E-state index in [4.69, 9.17) is 10.8 Å². The number of aromatic nitrogens is 1. The first-order chi connectivity index (χ1) is 8.81. The maximum atomic E-state index is 9.02. The van der Waals surface area contributed by atoms with Gasteiger partial charge in [-0.05, 0) is 49.4 Å². The molecule has 1 aliphatic rings. The van der Waals surface area contributed by atoms with E-state index in [1.54, 1.807) is 0 Å². The van der Waals surface area contributed by atoms with Gasteiger partial charge in [0, 0.05) is 32.4 Å². The molecule has 1 aliphatic heterocycles. The monoisotopic (exact) mass is 249 g/mol. The largest absolute Gasteiger partial charge is 0.396 e. The number of nitrogens with two attached hydrogens (primary N) is 1. The number of aliphatic hydroxyl groups excluding tert-OH is 1. The number of piperidine rings is 1. The van der Waals surface area contributed by atoms with Gasteiger partial charge in [0.1, 0.15) is 0 Å². The fourth-order valence-electron chi connectivity index (χ4n) is 2.71. The predicted octanol–water partition coefficient (Wildman–Crippen LogP) is 1.13. The maximum Gasteiger partial charge on any atom is 0.0542 e. The highest BCUT2D eigenvalue weighted by molar-refractivity contribution is 5.16. The average molecular weight is 249 g/mol. The molecule has 0 amide bonds. The van der Waals surface area contributed by atoms with Gasteiger partial charge in [-0.3, -0.25) is 9.88 Å². The van der Waals surface area contributed by atoms with Gasteiger partial charge < -0.3 is 10.8 Å². The van der Waals surface area contributed by atoms with Crippen LogP contribution in [0.2, 0.25) is 0 Å². The maximum absolute atomic E-state index is 9.02. The number of likely N-dealkylation sites (tertiary alicyclic amines) is 1. The van der Waals surface area contributed by atoms with Crippen LogP contribution >= 0.6 is 0 Å². The third-order valence-electron chi connectivity index (χ3n) is 3.64. The van der Waals surface area contributed by atoms with E-state index >= 15 is 0 Å². The Hall–Kier alpha value is -0.970. The first-order valence-corrected chi connectivity index (χ1v) is 6.79. The lowest BCUT2D eigenvalue weighted by Gasteiger charge is -2.32. The Kier molecular flexibility index (Phi) is 5.11. The zero-order valence-electron chi connectivity index (χ0n) is 10.9. The molecule has 0 spiro atoms. The van der Waals surface area contributed by atoms with Crippen LogP contribution < -0.4 is 5.73 Å². The van der Waals surface area contributed by atoms with E-state index in [1.165, 1.54) is 18.4 Å². The SMILES string of the molecule is NCc1cc(CN2CCCC(CCO)C2)ccn1. The second-order valence-electron chi connectivity index (χ2n) is 5.12. The number of rotatable bonds is 5. The van der Waals surface area contributed by atoms with Crippen LogP contribution in [0.25, 0.3) is 0 Å². The van der Waals surface area contributed by atoms with Gasteiger partial charge in [0.05, 0.1) is 5.69 Å². The predicted molar refractivity (Wildman–Crippen MR) is 71.8 cm³/mol. The number of aliphatic hydroxyl groups is 1. The summed E-state index contributed by atoms with van der Waals surface area (Å²) in [4.78, 5) is 6.69. The Morgan fingerprint density at radius 1 is 1.50 bits per heavy atom. The zero-order valence-corrected chi connectivity index (χ0v) is 10.9. The third kappa shape index (κ3) is 3.77. The van der Waals surface area contributed by atoms with E-state index < -0.39 is 0 Å². The lowest BCUT2D eigenvalue weighted by molar-refractivity contribution is 0.142. The van der Waals surface area contributed by atoms with E-state index in [0.29, 0.717) is 19.1 Å². The molecular weight excluding hydrogens is 226 g/mol. The molecule has 4 nitrogen and oxygen atoms in total. The summed E-state index contributed by atoms with van der Waals surface area (Å²) in [6.07, 6.45) is 5.26. The summed E-state index contributed by atoms with van der Waals surface area (Å²) in [5.41, 5.74) is 7.85. The highest BCUT2D eigenvalue weighted by Gasteiger charge is 2.19. The van der Waals surface area contributed by atoms with Crippen molar-refractivity contribution in [3.63, 3.8) is 0 Å². The Bertz CT molecular complexity index is 368. The van der Waals surface area contributed by atoms with E-state index in [0.717, 1.165) is 31.7 Å². The zero-order chi connectivity index (χ0) is 12.8. The molecule has 0 aromatic carbocycles. The van der Waals surface area contributed by atoms with Crippen molar-refractivity contribution < 1.29 is 5.11 Å². The van der Waals surface area contributed by atoms with Gasteiger partial charge in [0.25, 0.3) is 0 Å². The Balaban J connectivity index is 1.91. The molecule has 1 aromatic heterocycles. The van der Waals surface area contributed by atoms with Crippen molar-refractivity contribution in [2.45, 2.75) is 32.4 Å². The van der Waals surface area contributed by atoms with Crippen LogP contribution in [0.1, 0.15) is 30.5 Å². The smallest absolute Gasteiger partial charge is 0.0542 e. The Morgan fingerprint density at radius 3 is 3.17 bits per heavy atom. The molecule has 0 bridgehead atoms. The molecule has 100 valence electrons. The summed E-state index contributed by atoms with van der Waals surface area (Å²) in [5, 5.41) is 9.02. The van der Waals surface area contributed by atoms with Crippen LogP contribution in [0.15, 0.2) is 18.3 Å². The molecule has 3 N–H and O–H groups in total. The van der Waals surface area contributed by atoms with Crippen molar-refractivity contribution in [2.24, 2.45) is 11.7 Å². The summed E-state index contributed by atoms with van der Waals surface area (Å²) >= 11 is 0. The van der Waals surface area contributed by atoms with Gasteiger partial charge in [-0.1, -0.05) is 0 Å². The van der Waals surface area contributed by atoms with Crippen LogP contribution in [0, 0.1) is 5.92 Å². The number of hydrogen-bond donors (Lipinski definition) is 2. The molecule has 1 unspecified atom stereocenters. The molecule has 0 saturated carbocycles. The molecular formula is C14H23N3O. The van der Waals surface area contributed by atoms with Gasteiger partial charge in [-0.25, -0.2) is 0 Å². The van der Waals surface area contributed by atoms with Crippen molar-refractivity contribution in [1.82, 2.24) is 9.88 Å². The van der Waals surface area contributed by atoms with Gasteiger partial charge in [0.2, 0.25) is 0 Å². The lowest BCUT2D eigenvalue weighted by Crippen LogP contribution is -2.35. The van der Waals surface area contributed by atoms with Crippen LogP contribution in [-0.4, -0.2) is 34.7 Å². The quantitative estimate of drug-likeness (QED) is 0.821. The standard InChI is InChI=1S/C14H23N3O/c15-9-14-8-13(3-5-16-14)11-17-6-1-2-12(10-17)4-7-18/h3,5,8,12,18H,1-2,4,6-7,9-11,15H2. The van der Waals surface area contributed by atoms with E-state index in [9.17, 15) is 0 Å². The van der Waals surface area contributed by atoms with Crippen molar-refractivity contribution in [1.29, 1.82) is 0 Å². The minimum Gasteiger partial charge on any atom is -0.396 e. The molecule has 2 rings (SSSR count). The molecule has 1 fully saturated rings. The molecule has 1 saturated heterocycles. The number of pyridine rings is 1. The normalized spacial score (nSPS) is 21.1. The number of nitrogens with zero attached hydrogens (tertiary/aromatic N) is 2. The average Bonchev–Trinajstić information content (AvgIpc) is 2.40. The molecule has 0 radical (unpaired) electrons. The second-order valence-corrected chi connectivity index (χ2v) is 5.12. The summed E-state index contributed by atoms with van der Waals surface area (Å²) in [6, 6.07) is 4.16. The van der Waals surface area contributed by atoms with Gasteiger partial charge in [-0.2, -0.15) is 0 Å². The third-order valence-corrected chi connectivity index (χ3v) is 3.64. The van der Waals surface area contributed by atoms with Crippen LogP contribution in [0.4, 0.5) is 0 Å². The molecule has 0 aliphatic carbocycles. The summed E-state index contributed by atoms with van der Waals surface area (Å²) < 4.78 is 0. The van der Waals surface area contributed by atoms with Gasteiger partial charge in [-0.15, -0.1) is 0 Å². The van der Waals surface area contributed by atoms with E-state index in [-0.39, 0.29) is 0 Å². The first-order valence-electron chi connectivity index (χ1n) is 6.79. The molecule has 4 heteroatoms.